The average molecular weight is 315 g/mol. The molecule has 5 nitrogen and oxygen atoms in total. The van der Waals surface area contributed by atoms with E-state index in [1.54, 1.807) is 26.8 Å². The Hall–Kier alpha value is -2.56. The number of anilines is 1. The zero-order valence-corrected chi connectivity index (χ0v) is 13.7. The fraction of sp³-hybridized carbons (Fsp3) is 0.333. The van der Waals surface area contributed by atoms with E-state index in [0.29, 0.717) is 11.3 Å². The van der Waals surface area contributed by atoms with Crippen LogP contribution in [0.4, 0.5) is 5.69 Å². The number of benzene rings is 2. The number of aliphatic carboxylic acids is 1. The van der Waals surface area contributed by atoms with E-state index in [9.17, 15) is 9.59 Å². The van der Waals surface area contributed by atoms with E-state index in [0.717, 1.165) is 10.8 Å². The van der Waals surface area contributed by atoms with Crippen LogP contribution in [0, 0.1) is 0 Å². The van der Waals surface area contributed by atoms with Gasteiger partial charge in [0.1, 0.15) is 11.6 Å². The number of fused-ring (bicyclic) bond motifs is 1. The molecule has 0 bridgehead atoms. The van der Waals surface area contributed by atoms with E-state index < -0.39 is 23.6 Å². The topological polar surface area (TPSA) is 75.6 Å². The summed E-state index contributed by atoms with van der Waals surface area (Å²) in [6.45, 7) is 6.91. The lowest BCUT2D eigenvalue weighted by Gasteiger charge is -2.22. The van der Waals surface area contributed by atoms with Crippen LogP contribution in [0.2, 0.25) is 0 Å². The summed E-state index contributed by atoms with van der Waals surface area (Å²) < 4.78 is 5.49. The summed E-state index contributed by atoms with van der Waals surface area (Å²) in [5.41, 5.74) is 0.169. The molecule has 2 N–H and O–H groups in total. The molecular formula is C18H21NO4. The first-order valence-electron chi connectivity index (χ1n) is 7.43. The van der Waals surface area contributed by atoms with Gasteiger partial charge in [-0.15, -0.1) is 0 Å². The Morgan fingerprint density at radius 1 is 1.13 bits per heavy atom. The second kappa shape index (κ2) is 6.28. The molecule has 0 aliphatic carbocycles. The van der Waals surface area contributed by atoms with Crippen LogP contribution < -0.4 is 5.32 Å². The number of carbonyl (C=O) groups excluding carboxylic acids is 1. The average Bonchev–Trinajstić information content (AvgIpc) is 2.44. The summed E-state index contributed by atoms with van der Waals surface area (Å²) in [6.07, 6.45) is 0. The van der Waals surface area contributed by atoms with Gasteiger partial charge < -0.3 is 15.2 Å². The Bertz CT molecular complexity index is 746. The van der Waals surface area contributed by atoms with Crippen LogP contribution in [0.5, 0.6) is 0 Å². The molecule has 0 aromatic heterocycles. The second-order valence-corrected chi connectivity index (χ2v) is 6.42. The van der Waals surface area contributed by atoms with Crippen molar-refractivity contribution >= 4 is 28.4 Å². The lowest BCUT2D eigenvalue weighted by molar-refractivity contribution is -0.137. The number of ether oxygens (including phenoxy) is 1. The van der Waals surface area contributed by atoms with E-state index >= 15 is 0 Å². The van der Waals surface area contributed by atoms with Crippen LogP contribution in [-0.2, 0) is 9.53 Å². The van der Waals surface area contributed by atoms with E-state index in [-0.39, 0.29) is 0 Å². The Morgan fingerprint density at radius 2 is 1.78 bits per heavy atom. The normalized spacial score (nSPS) is 12.7. The van der Waals surface area contributed by atoms with Gasteiger partial charge >= 0.3 is 11.9 Å². The van der Waals surface area contributed by atoms with Gasteiger partial charge in [0.25, 0.3) is 0 Å². The quantitative estimate of drug-likeness (QED) is 0.842. The molecule has 2 rings (SSSR count). The monoisotopic (exact) mass is 315 g/mol. The van der Waals surface area contributed by atoms with Crippen molar-refractivity contribution in [3.8, 4) is 0 Å². The molecule has 5 heteroatoms. The highest BCUT2D eigenvalue weighted by molar-refractivity contribution is 6.09. The van der Waals surface area contributed by atoms with Gasteiger partial charge in [0.05, 0.1) is 11.3 Å². The fourth-order valence-corrected chi connectivity index (χ4v) is 2.24. The number of hydrogen-bond donors (Lipinski definition) is 2. The van der Waals surface area contributed by atoms with E-state index in [1.165, 1.54) is 6.92 Å². The van der Waals surface area contributed by atoms with Gasteiger partial charge in [0.2, 0.25) is 0 Å². The maximum absolute atomic E-state index is 12.6. The van der Waals surface area contributed by atoms with Crippen molar-refractivity contribution in [3.63, 3.8) is 0 Å². The molecule has 23 heavy (non-hydrogen) atoms. The van der Waals surface area contributed by atoms with Crippen LogP contribution in [0.25, 0.3) is 10.8 Å². The molecular weight excluding hydrogens is 294 g/mol. The van der Waals surface area contributed by atoms with Gasteiger partial charge in [-0.05, 0) is 44.5 Å². The van der Waals surface area contributed by atoms with Crippen molar-refractivity contribution < 1.29 is 19.4 Å². The molecule has 0 radical (unpaired) electrons. The molecule has 2 aromatic carbocycles. The number of hydrogen-bond acceptors (Lipinski definition) is 4. The van der Waals surface area contributed by atoms with Crippen LogP contribution >= 0.6 is 0 Å². The predicted molar refractivity (Wildman–Crippen MR) is 89.8 cm³/mol. The van der Waals surface area contributed by atoms with Crippen molar-refractivity contribution in [2.75, 3.05) is 5.32 Å². The number of carboxylic acid groups (broad SMARTS) is 1. The first-order chi connectivity index (χ1) is 10.7. The standard InChI is InChI=1S/C18H21NO4/c1-11(16(20)21)19-14-10-9-12-7-5-6-8-13(12)15(14)17(22)23-18(2,3)4/h5-11,19H,1-4H3,(H,20,21)/t11-/m1/s1. The van der Waals surface area contributed by atoms with Crippen LogP contribution in [-0.4, -0.2) is 28.7 Å². The maximum atomic E-state index is 12.6. The van der Waals surface area contributed by atoms with E-state index in [2.05, 4.69) is 5.32 Å². The van der Waals surface area contributed by atoms with Crippen LogP contribution in [0.15, 0.2) is 36.4 Å². The first-order valence-corrected chi connectivity index (χ1v) is 7.43. The minimum Gasteiger partial charge on any atom is -0.480 e. The zero-order chi connectivity index (χ0) is 17.2. The zero-order valence-electron chi connectivity index (χ0n) is 13.7. The van der Waals surface area contributed by atoms with E-state index in [1.807, 2.05) is 30.3 Å². The van der Waals surface area contributed by atoms with Crippen molar-refractivity contribution in [2.24, 2.45) is 0 Å². The summed E-state index contributed by atoms with van der Waals surface area (Å²) in [5, 5.41) is 13.6. The summed E-state index contributed by atoms with van der Waals surface area (Å²) in [4.78, 5) is 23.7. The maximum Gasteiger partial charge on any atom is 0.341 e. The first kappa shape index (κ1) is 16.8. The van der Waals surface area contributed by atoms with Gasteiger partial charge in [-0.1, -0.05) is 30.3 Å². The summed E-state index contributed by atoms with van der Waals surface area (Å²) in [7, 11) is 0. The molecule has 0 fully saturated rings. The molecule has 0 unspecified atom stereocenters. The largest absolute Gasteiger partial charge is 0.480 e. The Labute approximate surface area is 135 Å². The van der Waals surface area contributed by atoms with Gasteiger partial charge in [0.15, 0.2) is 0 Å². The van der Waals surface area contributed by atoms with Gasteiger partial charge in [-0.3, -0.25) is 4.79 Å². The van der Waals surface area contributed by atoms with Gasteiger partial charge in [-0.2, -0.15) is 0 Å². The molecule has 0 aliphatic rings. The van der Waals surface area contributed by atoms with Crippen molar-refractivity contribution in [2.45, 2.75) is 39.3 Å². The molecule has 0 saturated heterocycles. The van der Waals surface area contributed by atoms with Crippen LogP contribution in [0.3, 0.4) is 0 Å². The molecule has 0 heterocycles. The predicted octanol–water partition coefficient (Wildman–Crippen LogP) is 3.68. The number of rotatable bonds is 4. The molecule has 0 aliphatic heterocycles. The van der Waals surface area contributed by atoms with Crippen molar-refractivity contribution in [1.82, 2.24) is 0 Å². The molecule has 1 atom stereocenters. The lowest BCUT2D eigenvalue weighted by atomic mass is 10.0. The van der Waals surface area contributed by atoms with Gasteiger partial charge in [0, 0.05) is 0 Å². The Kier molecular flexibility index (Phi) is 4.59. The van der Waals surface area contributed by atoms with Crippen molar-refractivity contribution in [1.29, 1.82) is 0 Å². The summed E-state index contributed by atoms with van der Waals surface area (Å²) in [5.74, 6) is -1.47. The summed E-state index contributed by atoms with van der Waals surface area (Å²) in [6, 6.07) is 10.2. The highest BCUT2D eigenvalue weighted by atomic mass is 16.6. The fourth-order valence-electron chi connectivity index (χ4n) is 2.24. The number of carboxylic acids is 1. The minimum atomic E-state index is -0.992. The molecule has 0 saturated carbocycles. The third-order valence-electron chi connectivity index (χ3n) is 3.27. The minimum absolute atomic E-state index is 0.353. The second-order valence-electron chi connectivity index (χ2n) is 6.42. The number of esters is 1. The molecule has 2 aromatic rings. The third kappa shape index (κ3) is 4.00. The number of nitrogens with one attached hydrogen (secondary N) is 1. The Morgan fingerprint density at radius 3 is 2.39 bits per heavy atom. The lowest BCUT2D eigenvalue weighted by Crippen LogP contribution is -2.28. The van der Waals surface area contributed by atoms with Crippen LogP contribution in [0.1, 0.15) is 38.1 Å². The van der Waals surface area contributed by atoms with Crippen molar-refractivity contribution in [3.05, 3.63) is 42.0 Å². The van der Waals surface area contributed by atoms with Gasteiger partial charge in [-0.25, -0.2) is 4.79 Å². The number of carbonyl (C=O) groups is 2. The molecule has 0 amide bonds. The summed E-state index contributed by atoms with van der Waals surface area (Å²) >= 11 is 0. The smallest absolute Gasteiger partial charge is 0.341 e. The Balaban J connectivity index is 2.56. The van der Waals surface area contributed by atoms with E-state index in [4.69, 9.17) is 9.84 Å². The highest BCUT2D eigenvalue weighted by Gasteiger charge is 2.24. The molecule has 0 spiro atoms. The highest BCUT2D eigenvalue weighted by Crippen LogP contribution is 2.29. The molecule has 122 valence electrons. The SMILES string of the molecule is C[C@@H](Nc1ccc2ccccc2c1C(=O)OC(C)(C)C)C(=O)O. The third-order valence-corrected chi connectivity index (χ3v) is 3.27.